The predicted octanol–water partition coefficient (Wildman–Crippen LogP) is 4.10. The molecule has 8 heteroatoms. The summed E-state index contributed by atoms with van der Waals surface area (Å²) in [6.07, 6.45) is 10.2. The lowest BCUT2D eigenvalue weighted by Gasteiger charge is -2.33. The Morgan fingerprint density at radius 2 is 1.97 bits per heavy atom. The number of guanidine groups is 1. The van der Waals surface area contributed by atoms with Crippen LogP contribution in [0.15, 0.2) is 27.8 Å². The zero-order valence-electron chi connectivity index (χ0n) is 18.5. The maximum Gasteiger partial charge on any atom is 0.305 e. The van der Waals surface area contributed by atoms with Crippen LogP contribution in [0.2, 0.25) is 0 Å². The summed E-state index contributed by atoms with van der Waals surface area (Å²) in [6, 6.07) is 4.25. The maximum atomic E-state index is 11.3. The molecule has 0 bridgehead atoms. The van der Waals surface area contributed by atoms with E-state index in [2.05, 4.69) is 26.6 Å². The van der Waals surface area contributed by atoms with E-state index in [9.17, 15) is 4.79 Å². The molecule has 0 aromatic carbocycles. The van der Waals surface area contributed by atoms with Gasteiger partial charge in [-0.1, -0.05) is 19.3 Å². The largest absolute Gasteiger partial charge is 0.468 e. The number of halogens is 1. The second-order valence-corrected chi connectivity index (χ2v) is 7.48. The highest BCUT2D eigenvalue weighted by Gasteiger charge is 2.24. The van der Waals surface area contributed by atoms with Gasteiger partial charge in [-0.15, -0.1) is 24.0 Å². The third-order valence-electron chi connectivity index (χ3n) is 5.29. The van der Waals surface area contributed by atoms with Gasteiger partial charge in [-0.2, -0.15) is 0 Å². The summed E-state index contributed by atoms with van der Waals surface area (Å²) in [5.41, 5.74) is 0. The highest BCUT2D eigenvalue weighted by Crippen LogP contribution is 2.24. The number of furan rings is 1. The van der Waals surface area contributed by atoms with E-state index in [1.54, 1.807) is 13.3 Å². The van der Waals surface area contributed by atoms with Gasteiger partial charge in [-0.05, 0) is 57.8 Å². The number of rotatable bonds is 12. The first-order chi connectivity index (χ1) is 14.2. The number of piperidine rings is 1. The maximum absolute atomic E-state index is 11.3. The van der Waals surface area contributed by atoms with Gasteiger partial charge in [0.25, 0.3) is 0 Å². The van der Waals surface area contributed by atoms with Gasteiger partial charge < -0.3 is 19.8 Å². The van der Waals surface area contributed by atoms with Crippen LogP contribution >= 0.6 is 24.0 Å². The van der Waals surface area contributed by atoms with Crippen molar-refractivity contribution in [1.29, 1.82) is 0 Å². The van der Waals surface area contributed by atoms with Crippen LogP contribution in [0.1, 0.15) is 70.1 Å². The van der Waals surface area contributed by atoms with E-state index in [1.807, 2.05) is 13.0 Å². The summed E-state index contributed by atoms with van der Waals surface area (Å²) in [7, 11) is 1.80. The average Bonchev–Trinajstić information content (AvgIpc) is 3.27. The van der Waals surface area contributed by atoms with Gasteiger partial charge in [-0.3, -0.25) is 14.7 Å². The summed E-state index contributed by atoms with van der Waals surface area (Å²) in [5, 5.41) is 6.85. The molecule has 30 heavy (non-hydrogen) atoms. The number of carbonyl (C=O) groups is 1. The number of aliphatic imine (C=N–C) groups is 1. The number of likely N-dealkylation sites (tertiary alicyclic amines) is 1. The van der Waals surface area contributed by atoms with Crippen LogP contribution in [-0.2, 0) is 9.53 Å². The van der Waals surface area contributed by atoms with E-state index in [0.29, 0.717) is 13.0 Å². The van der Waals surface area contributed by atoms with Crippen molar-refractivity contribution in [2.45, 2.75) is 64.3 Å². The Balaban J connectivity index is 0.00000450. The fourth-order valence-corrected chi connectivity index (χ4v) is 3.72. The first-order valence-corrected chi connectivity index (χ1v) is 11.1. The standard InChI is InChI=1S/C22H38N4O3.HI/c1-3-28-21(27)13-7-4-5-8-14-24-22(23-2)25-18-19(20-12-11-17-29-20)26-15-9-6-10-16-26;/h11-12,17,19H,3-10,13-16,18H2,1-2H3,(H2,23,24,25);1H. The molecule has 0 aliphatic carbocycles. The van der Waals surface area contributed by atoms with Gasteiger partial charge in [0.1, 0.15) is 5.76 Å². The number of hydrogen-bond donors (Lipinski definition) is 2. The molecule has 1 unspecified atom stereocenters. The van der Waals surface area contributed by atoms with Gasteiger partial charge in [0.15, 0.2) is 5.96 Å². The van der Waals surface area contributed by atoms with Crippen molar-refractivity contribution in [2.75, 3.05) is 39.8 Å². The third-order valence-corrected chi connectivity index (χ3v) is 5.29. The molecule has 2 N–H and O–H groups in total. The van der Waals surface area contributed by atoms with Crippen LogP contribution in [-0.4, -0.2) is 56.7 Å². The molecule has 2 rings (SSSR count). The van der Waals surface area contributed by atoms with E-state index < -0.39 is 0 Å². The molecule has 1 fully saturated rings. The molecule has 0 spiro atoms. The molecular weight excluding hydrogens is 495 g/mol. The molecule has 1 saturated heterocycles. The number of nitrogens with zero attached hydrogens (tertiary/aromatic N) is 2. The first-order valence-electron chi connectivity index (χ1n) is 11.1. The normalized spacial score (nSPS) is 15.9. The molecule has 0 saturated carbocycles. The topological polar surface area (TPSA) is 79.1 Å². The quantitative estimate of drug-likeness (QED) is 0.138. The molecule has 1 atom stereocenters. The smallest absolute Gasteiger partial charge is 0.305 e. The van der Waals surface area contributed by atoms with Gasteiger partial charge in [-0.25, -0.2) is 0 Å². The van der Waals surface area contributed by atoms with E-state index in [-0.39, 0.29) is 36.0 Å². The van der Waals surface area contributed by atoms with Gasteiger partial charge in [0.2, 0.25) is 0 Å². The van der Waals surface area contributed by atoms with E-state index in [4.69, 9.17) is 9.15 Å². The highest BCUT2D eigenvalue weighted by atomic mass is 127. The molecular formula is C22H39IN4O3. The zero-order chi connectivity index (χ0) is 20.7. The Morgan fingerprint density at radius 3 is 2.63 bits per heavy atom. The minimum atomic E-state index is -0.0879. The number of unbranched alkanes of at least 4 members (excludes halogenated alkanes) is 3. The van der Waals surface area contributed by atoms with Crippen molar-refractivity contribution >= 4 is 35.9 Å². The second-order valence-electron chi connectivity index (χ2n) is 7.48. The van der Waals surface area contributed by atoms with Crippen LogP contribution in [0, 0.1) is 0 Å². The summed E-state index contributed by atoms with van der Waals surface area (Å²) in [5.74, 6) is 1.75. The van der Waals surface area contributed by atoms with Gasteiger partial charge in [0, 0.05) is 26.6 Å². The van der Waals surface area contributed by atoms with Crippen molar-refractivity contribution in [3.63, 3.8) is 0 Å². The van der Waals surface area contributed by atoms with E-state index in [0.717, 1.165) is 63.6 Å². The number of hydrogen-bond acceptors (Lipinski definition) is 5. The Bertz CT molecular complexity index is 589. The molecule has 172 valence electrons. The minimum Gasteiger partial charge on any atom is -0.468 e. The number of carbonyl (C=O) groups excluding carboxylic acids is 1. The summed E-state index contributed by atoms with van der Waals surface area (Å²) >= 11 is 0. The lowest BCUT2D eigenvalue weighted by Crippen LogP contribution is -2.44. The Morgan fingerprint density at radius 1 is 1.20 bits per heavy atom. The molecule has 7 nitrogen and oxygen atoms in total. The summed E-state index contributed by atoms with van der Waals surface area (Å²) < 4.78 is 10.7. The molecule has 1 aliphatic rings. The Labute approximate surface area is 198 Å². The van der Waals surface area contributed by atoms with Gasteiger partial charge in [0.05, 0.1) is 18.9 Å². The van der Waals surface area contributed by atoms with Crippen molar-refractivity contribution in [3.8, 4) is 0 Å². The SMILES string of the molecule is CCOC(=O)CCCCCCNC(=NC)NCC(c1ccco1)N1CCCCC1.I. The minimum absolute atomic E-state index is 0. The van der Waals surface area contributed by atoms with E-state index in [1.165, 1.54) is 19.3 Å². The average molecular weight is 534 g/mol. The van der Waals surface area contributed by atoms with Crippen LogP contribution in [0.4, 0.5) is 0 Å². The van der Waals surface area contributed by atoms with Crippen LogP contribution in [0.25, 0.3) is 0 Å². The van der Waals surface area contributed by atoms with Crippen molar-refractivity contribution in [1.82, 2.24) is 15.5 Å². The van der Waals surface area contributed by atoms with Crippen molar-refractivity contribution < 1.29 is 13.9 Å². The monoisotopic (exact) mass is 534 g/mol. The number of esters is 1. The lowest BCUT2D eigenvalue weighted by molar-refractivity contribution is -0.143. The molecule has 0 radical (unpaired) electrons. The highest BCUT2D eigenvalue weighted by molar-refractivity contribution is 14.0. The molecule has 1 aliphatic heterocycles. The van der Waals surface area contributed by atoms with Crippen molar-refractivity contribution in [3.05, 3.63) is 24.2 Å². The summed E-state index contributed by atoms with van der Waals surface area (Å²) in [4.78, 5) is 18.2. The Hall–Kier alpha value is -1.29. The lowest BCUT2D eigenvalue weighted by atomic mass is 10.1. The second kappa shape index (κ2) is 16.4. The fourth-order valence-electron chi connectivity index (χ4n) is 3.72. The van der Waals surface area contributed by atoms with Crippen LogP contribution < -0.4 is 10.6 Å². The molecule has 1 aromatic heterocycles. The molecule has 1 aromatic rings. The molecule has 2 heterocycles. The Kier molecular flexibility index (Phi) is 14.6. The first kappa shape index (κ1) is 26.7. The zero-order valence-corrected chi connectivity index (χ0v) is 20.9. The molecule has 0 amide bonds. The number of ether oxygens (including phenoxy) is 1. The van der Waals surface area contributed by atoms with Crippen LogP contribution in [0.5, 0.6) is 0 Å². The summed E-state index contributed by atoms with van der Waals surface area (Å²) in [6.45, 7) is 6.18. The third kappa shape index (κ3) is 10.1. The predicted molar refractivity (Wildman–Crippen MR) is 131 cm³/mol. The van der Waals surface area contributed by atoms with E-state index >= 15 is 0 Å². The van der Waals surface area contributed by atoms with Crippen molar-refractivity contribution in [2.24, 2.45) is 4.99 Å². The fraction of sp³-hybridized carbons (Fsp3) is 0.727. The van der Waals surface area contributed by atoms with Gasteiger partial charge >= 0.3 is 5.97 Å². The van der Waals surface area contributed by atoms with Crippen LogP contribution in [0.3, 0.4) is 0 Å². The number of nitrogens with one attached hydrogen (secondary N) is 2.